The van der Waals surface area contributed by atoms with Gasteiger partial charge in [-0.05, 0) is 77.0 Å². The molecular formula is C23H29BrN2O4. The van der Waals surface area contributed by atoms with E-state index in [1.807, 2.05) is 50.2 Å². The molecule has 0 aliphatic rings. The Hall–Kier alpha value is -2.54. The molecule has 0 fully saturated rings. The van der Waals surface area contributed by atoms with Crippen molar-refractivity contribution in [2.75, 3.05) is 6.61 Å². The Morgan fingerprint density at radius 2 is 1.73 bits per heavy atom. The molecule has 2 N–H and O–H groups in total. The highest BCUT2D eigenvalue weighted by atomic mass is 79.9. The highest BCUT2D eigenvalue weighted by molar-refractivity contribution is 9.10. The van der Waals surface area contributed by atoms with E-state index in [4.69, 9.17) is 9.47 Å². The van der Waals surface area contributed by atoms with Gasteiger partial charge in [-0.15, -0.1) is 0 Å². The molecule has 0 saturated heterocycles. The number of halogens is 1. The normalized spacial score (nSPS) is 12.1. The summed E-state index contributed by atoms with van der Waals surface area (Å²) in [7, 11) is 0. The van der Waals surface area contributed by atoms with Crippen LogP contribution in [0.15, 0.2) is 40.9 Å². The van der Waals surface area contributed by atoms with Crippen LogP contribution in [0.25, 0.3) is 0 Å². The molecule has 162 valence electrons. The highest BCUT2D eigenvalue weighted by Gasteiger charge is 2.18. The third-order valence-corrected chi connectivity index (χ3v) is 5.12. The topological polar surface area (TPSA) is 76.7 Å². The highest BCUT2D eigenvalue weighted by Crippen LogP contribution is 2.31. The number of aryl methyl sites for hydroxylation is 2. The van der Waals surface area contributed by atoms with Crippen molar-refractivity contribution in [3.63, 3.8) is 0 Å². The number of carbonyl (C=O) groups excluding carboxylic acids is 2. The van der Waals surface area contributed by atoms with Crippen LogP contribution in [0.5, 0.6) is 11.5 Å². The molecular weight excluding hydrogens is 448 g/mol. The lowest BCUT2D eigenvalue weighted by molar-refractivity contribution is -0.133. The number of nitrogens with one attached hydrogen (secondary N) is 2. The molecule has 0 aliphatic carbocycles. The molecule has 2 aromatic rings. The van der Waals surface area contributed by atoms with Crippen LogP contribution in [0.1, 0.15) is 44.4 Å². The van der Waals surface area contributed by atoms with Crippen molar-refractivity contribution in [1.82, 2.24) is 10.9 Å². The number of hydrogen-bond donors (Lipinski definition) is 2. The third kappa shape index (κ3) is 6.76. The molecule has 0 bridgehead atoms. The quantitative estimate of drug-likeness (QED) is 0.607. The molecule has 0 radical (unpaired) electrons. The van der Waals surface area contributed by atoms with Crippen molar-refractivity contribution in [3.05, 3.63) is 57.6 Å². The van der Waals surface area contributed by atoms with E-state index in [9.17, 15) is 9.59 Å². The van der Waals surface area contributed by atoms with Gasteiger partial charge in [0.05, 0.1) is 4.47 Å². The van der Waals surface area contributed by atoms with Crippen molar-refractivity contribution in [1.29, 1.82) is 0 Å². The number of carbonyl (C=O) groups is 2. The van der Waals surface area contributed by atoms with Crippen LogP contribution in [0.2, 0.25) is 0 Å². The van der Waals surface area contributed by atoms with Crippen molar-refractivity contribution in [2.45, 2.75) is 53.1 Å². The summed E-state index contributed by atoms with van der Waals surface area (Å²) in [5.74, 6) is 0.251. The van der Waals surface area contributed by atoms with E-state index in [0.717, 1.165) is 21.2 Å². The molecule has 1 unspecified atom stereocenters. The fourth-order valence-corrected chi connectivity index (χ4v) is 3.07. The molecule has 1 atom stereocenters. The maximum absolute atomic E-state index is 12.2. The van der Waals surface area contributed by atoms with Gasteiger partial charge in [-0.25, -0.2) is 0 Å². The molecule has 0 spiro atoms. The molecule has 30 heavy (non-hydrogen) atoms. The summed E-state index contributed by atoms with van der Waals surface area (Å²) in [5, 5.41) is 0. The van der Waals surface area contributed by atoms with Gasteiger partial charge in [0.25, 0.3) is 11.8 Å². The predicted molar refractivity (Wildman–Crippen MR) is 121 cm³/mol. The zero-order chi connectivity index (χ0) is 22.5. The summed E-state index contributed by atoms with van der Waals surface area (Å²) in [6.07, 6.45) is -0.772. The van der Waals surface area contributed by atoms with Crippen molar-refractivity contribution >= 4 is 27.7 Å². The molecule has 0 heterocycles. The summed E-state index contributed by atoms with van der Waals surface area (Å²) in [6.45, 7) is 11.6. The Morgan fingerprint density at radius 3 is 2.37 bits per heavy atom. The molecule has 0 aliphatic heterocycles. The molecule has 2 rings (SSSR count). The molecule has 0 saturated carbocycles. The third-order valence-electron chi connectivity index (χ3n) is 4.50. The minimum absolute atomic E-state index is 0.0124. The molecule has 2 amide bonds. The average Bonchev–Trinajstić information content (AvgIpc) is 2.67. The predicted octanol–water partition coefficient (Wildman–Crippen LogP) is 4.36. The summed E-state index contributed by atoms with van der Waals surface area (Å²) >= 11 is 3.47. The van der Waals surface area contributed by atoms with E-state index in [1.54, 1.807) is 6.92 Å². The van der Waals surface area contributed by atoms with Crippen LogP contribution in [-0.2, 0) is 15.0 Å². The van der Waals surface area contributed by atoms with Gasteiger partial charge in [0.2, 0.25) is 0 Å². The Bertz CT molecular complexity index is 922. The summed E-state index contributed by atoms with van der Waals surface area (Å²) in [4.78, 5) is 24.2. The largest absolute Gasteiger partial charge is 0.483 e. The first-order valence-corrected chi connectivity index (χ1v) is 10.5. The number of hydrogen-bond acceptors (Lipinski definition) is 4. The number of rotatable bonds is 6. The first kappa shape index (κ1) is 23.7. The molecule has 6 nitrogen and oxygen atoms in total. The van der Waals surface area contributed by atoms with Gasteiger partial charge in [-0.2, -0.15) is 0 Å². The minimum Gasteiger partial charge on any atom is -0.483 e. The standard InChI is InChI=1S/C23H29BrN2O4/c1-14-7-8-15(2)20(11-14)30-16(3)22(28)26-25-21(27)13-29-19-10-9-17(12-18(19)24)23(4,5)6/h7-12,16H,13H2,1-6H3,(H,25,27)(H,26,28). The van der Waals surface area contributed by atoms with Gasteiger partial charge in [-0.1, -0.05) is 39.0 Å². The number of hydrazine groups is 1. The van der Waals surface area contributed by atoms with Crippen LogP contribution < -0.4 is 20.3 Å². The number of amides is 2. The van der Waals surface area contributed by atoms with E-state index < -0.39 is 17.9 Å². The Balaban J connectivity index is 1.83. The second-order valence-corrected chi connectivity index (χ2v) is 9.10. The summed E-state index contributed by atoms with van der Waals surface area (Å²) < 4.78 is 12.0. The fourth-order valence-electron chi connectivity index (χ4n) is 2.57. The van der Waals surface area contributed by atoms with E-state index in [0.29, 0.717) is 11.5 Å². The summed E-state index contributed by atoms with van der Waals surface area (Å²) in [5.41, 5.74) is 7.83. The lowest BCUT2D eigenvalue weighted by Crippen LogP contribution is -2.48. The lowest BCUT2D eigenvalue weighted by atomic mass is 9.87. The van der Waals surface area contributed by atoms with Crippen LogP contribution in [-0.4, -0.2) is 24.5 Å². The van der Waals surface area contributed by atoms with Gasteiger partial charge >= 0.3 is 0 Å². The van der Waals surface area contributed by atoms with Gasteiger partial charge in [-0.3, -0.25) is 20.4 Å². The van der Waals surface area contributed by atoms with Gasteiger partial charge < -0.3 is 9.47 Å². The second kappa shape index (κ2) is 9.98. The van der Waals surface area contributed by atoms with Gasteiger partial charge in [0.1, 0.15) is 11.5 Å². The zero-order valence-electron chi connectivity index (χ0n) is 18.3. The first-order valence-electron chi connectivity index (χ1n) is 9.73. The molecule has 0 aromatic heterocycles. The molecule has 2 aromatic carbocycles. The van der Waals surface area contributed by atoms with Crippen molar-refractivity contribution < 1.29 is 19.1 Å². The lowest BCUT2D eigenvalue weighted by Gasteiger charge is -2.20. The fraction of sp³-hybridized carbons (Fsp3) is 0.391. The smallest absolute Gasteiger partial charge is 0.279 e. The second-order valence-electron chi connectivity index (χ2n) is 8.25. The minimum atomic E-state index is -0.772. The average molecular weight is 477 g/mol. The maximum atomic E-state index is 12.2. The van der Waals surface area contributed by atoms with E-state index >= 15 is 0 Å². The van der Waals surface area contributed by atoms with Gasteiger partial charge in [0.15, 0.2) is 12.7 Å². The summed E-state index contributed by atoms with van der Waals surface area (Å²) in [6, 6.07) is 11.5. The SMILES string of the molecule is Cc1ccc(C)c(OC(C)C(=O)NNC(=O)COc2ccc(C(C)(C)C)cc2Br)c1. The van der Waals surface area contributed by atoms with Crippen LogP contribution in [0, 0.1) is 13.8 Å². The van der Waals surface area contributed by atoms with Crippen LogP contribution in [0.3, 0.4) is 0 Å². The van der Waals surface area contributed by atoms with Crippen molar-refractivity contribution in [3.8, 4) is 11.5 Å². The van der Waals surface area contributed by atoms with Gasteiger partial charge in [0, 0.05) is 0 Å². The zero-order valence-corrected chi connectivity index (χ0v) is 19.8. The molecule has 7 heteroatoms. The Labute approximate surface area is 186 Å². The monoisotopic (exact) mass is 476 g/mol. The van der Waals surface area contributed by atoms with Crippen LogP contribution in [0.4, 0.5) is 0 Å². The van der Waals surface area contributed by atoms with Crippen molar-refractivity contribution in [2.24, 2.45) is 0 Å². The van der Waals surface area contributed by atoms with E-state index in [1.165, 1.54) is 0 Å². The van der Waals surface area contributed by atoms with Crippen LogP contribution >= 0.6 is 15.9 Å². The number of ether oxygens (including phenoxy) is 2. The number of benzene rings is 2. The first-order chi connectivity index (χ1) is 14.0. The maximum Gasteiger partial charge on any atom is 0.279 e. The Morgan fingerprint density at radius 1 is 1.03 bits per heavy atom. The Kier molecular flexibility index (Phi) is 7.89. The van der Waals surface area contributed by atoms with E-state index in [2.05, 4.69) is 47.6 Å². The van der Waals surface area contributed by atoms with E-state index in [-0.39, 0.29) is 12.0 Å².